The van der Waals surface area contributed by atoms with Gasteiger partial charge >= 0.3 is 0 Å². The van der Waals surface area contributed by atoms with Crippen molar-refractivity contribution >= 4 is 6.08 Å². The molecule has 0 atom stereocenters. The number of hydrogen-bond acceptors (Lipinski definition) is 3. The fourth-order valence-electron chi connectivity index (χ4n) is 1.31. The van der Waals surface area contributed by atoms with E-state index in [-0.39, 0.29) is 0 Å². The minimum absolute atomic E-state index is 0.836. The second-order valence-corrected chi connectivity index (χ2v) is 3.05. The summed E-state index contributed by atoms with van der Waals surface area (Å²) < 4.78 is 9.66. The van der Waals surface area contributed by atoms with Crippen LogP contribution in [-0.2, 0) is 4.74 Å². The van der Waals surface area contributed by atoms with Crippen molar-refractivity contribution in [2.24, 2.45) is 0 Å². The quantitative estimate of drug-likeness (QED) is 0.716. The van der Waals surface area contributed by atoms with Gasteiger partial charge in [-0.25, -0.2) is 0 Å². The van der Waals surface area contributed by atoms with Crippen molar-refractivity contribution < 1.29 is 9.26 Å². The molecule has 1 heterocycles. The average molecular weight is 201 g/mol. The molecule has 3 nitrogen and oxygen atoms in total. The number of hydrogen-bond donors (Lipinski definition) is 0. The number of methoxy groups -OCH3 is 1. The molecule has 0 radical (unpaired) electrons. The first-order valence-electron chi connectivity index (χ1n) is 4.60. The van der Waals surface area contributed by atoms with Gasteiger partial charge in [0.05, 0.1) is 13.4 Å². The van der Waals surface area contributed by atoms with E-state index in [0.717, 1.165) is 16.8 Å². The fraction of sp³-hybridized carbons (Fsp3) is 0.0833. The minimum atomic E-state index is 0.836. The lowest BCUT2D eigenvalue weighted by Gasteiger charge is -1.97. The van der Waals surface area contributed by atoms with Crippen molar-refractivity contribution in [3.05, 3.63) is 48.4 Å². The Morgan fingerprint density at radius 1 is 1.33 bits per heavy atom. The first kappa shape index (κ1) is 9.52. The zero-order valence-corrected chi connectivity index (χ0v) is 8.38. The van der Waals surface area contributed by atoms with Crippen LogP contribution in [0.4, 0.5) is 0 Å². The number of nitrogens with zero attached hydrogens (tertiary/aromatic N) is 1. The SMILES string of the molecule is COC=Cc1cccc(-c2ccon2)c1. The van der Waals surface area contributed by atoms with E-state index in [0.29, 0.717) is 0 Å². The molecule has 0 N–H and O–H groups in total. The molecule has 0 aliphatic carbocycles. The van der Waals surface area contributed by atoms with E-state index in [4.69, 9.17) is 9.26 Å². The van der Waals surface area contributed by atoms with Gasteiger partial charge in [-0.2, -0.15) is 0 Å². The smallest absolute Gasteiger partial charge is 0.124 e. The summed E-state index contributed by atoms with van der Waals surface area (Å²) in [5.74, 6) is 0. The monoisotopic (exact) mass is 201 g/mol. The molecular formula is C12H11NO2. The van der Waals surface area contributed by atoms with E-state index >= 15 is 0 Å². The highest BCUT2D eigenvalue weighted by Gasteiger charge is 2.00. The summed E-state index contributed by atoms with van der Waals surface area (Å²) in [4.78, 5) is 0. The lowest BCUT2D eigenvalue weighted by Crippen LogP contribution is -1.79. The second kappa shape index (κ2) is 4.46. The van der Waals surface area contributed by atoms with Gasteiger partial charge in [-0.1, -0.05) is 23.4 Å². The van der Waals surface area contributed by atoms with E-state index in [2.05, 4.69) is 5.16 Å². The van der Waals surface area contributed by atoms with Crippen LogP contribution in [0.25, 0.3) is 17.3 Å². The highest BCUT2D eigenvalue weighted by Crippen LogP contribution is 2.18. The molecule has 76 valence electrons. The standard InChI is InChI=1S/C12H11NO2/c1-14-7-5-10-3-2-4-11(9-10)12-6-8-15-13-12/h2-9H,1H3. The first-order valence-corrected chi connectivity index (χ1v) is 4.60. The van der Waals surface area contributed by atoms with Gasteiger partial charge in [0, 0.05) is 11.6 Å². The van der Waals surface area contributed by atoms with Crippen molar-refractivity contribution in [3.63, 3.8) is 0 Å². The molecule has 0 bridgehead atoms. The third-order valence-electron chi connectivity index (χ3n) is 2.02. The number of ether oxygens (including phenoxy) is 1. The molecule has 15 heavy (non-hydrogen) atoms. The molecule has 0 saturated heterocycles. The molecule has 0 spiro atoms. The topological polar surface area (TPSA) is 35.3 Å². The molecule has 0 saturated carbocycles. The van der Waals surface area contributed by atoms with E-state index in [1.54, 1.807) is 19.6 Å². The van der Waals surface area contributed by atoms with Gasteiger partial charge in [0.25, 0.3) is 0 Å². The Bertz CT molecular complexity index is 446. The van der Waals surface area contributed by atoms with Gasteiger partial charge in [0.2, 0.25) is 0 Å². The van der Waals surface area contributed by atoms with Crippen molar-refractivity contribution in [2.45, 2.75) is 0 Å². The Balaban J connectivity index is 2.31. The molecule has 2 rings (SSSR count). The molecular weight excluding hydrogens is 190 g/mol. The van der Waals surface area contributed by atoms with Crippen molar-refractivity contribution in [1.29, 1.82) is 0 Å². The van der Waals surface area contributed by atoms with Crippen molar-refractivity contribution in [2.75, 3.05) is 7.11 Å². The number of rotatable bonds is 3. The lowest BCUT2D eigenvalue weighted by atomic mass is 10.1. The van der Waals surface area contributed by atoms with Gasteiger partial charge in [0.1, 0.15) is 12.0 Å². The molecule has 0 unspecified atom stereocenters. The zero-order valence-electron chi connectivity index (χ0n) is 8.38. The highest BCUT2D eigenvalue weighted by molar-refractivity contribution is 5.63. The van der Waals surface area contributed by atoms with E-state index in [9.17, 15) is 0 Å². The van der Waals surface area contributed by atoms with Crippen molar-refractivity contribution in [3.8, 4) is 11.3 Å². The fourth-order valence-corrected chi connectivity index (χ4v) is 1.31. The van der Waals surface area contributed by atoms with Crippen LogP contribution in [0.2, 0.25) is 0 Å². The van der Waals surface area contributed by atoms with Crippen LogP contribution in [0.1, 0.15) is 5.56 Å². The summed E-state index contributed by atoms with van der Waals surface area (Å²) in [6, 6.07) is 9.81. The van der Waals surface area contributed by atoms with Gasteiger partial charge in [0.15, 0.2) is 0 Å². The van der Waals surface area contributed by atoms with Crippen LogP contribution in [-0.4, -0.2) is 12.3 Å². The Morgan fingerprint density at radius 2 is 2.27 bits per heavy atom. The summed E-state index contributed by atoms with van der Waals surface area (Å²) in [7, 11) is 1.62. The van der Waals surface area contributed by atoms with Crippen LogP contribution in [0.3, 0.4) is 0 Å². The van der Waals surface area contributed by atoms with Crippen LogP contribution in [0.5, 0.6) is 0 Å². The Hall–Kier alpha value is -2.03. The van der Waals surface area contributed by atoms with Gasteiger partial charge in [-0.15, -0.1) is 0 Å². The number of aromatic nitrogens is 1. The van der Waals surface area contributed by atoms with Gasteiger partial charge < -0.3 is 9.26 Å². The molecule has 1 aromatic heterocycles. The van der Waals surface area contributed by atoms with Gasteiger partial charge in [-0.3, -0.25) is 0 Å². The Kier molecular flexibility index (Phi) is 2.83. The third kappa shape index (κ3) is 2.26. The Labute approximate surface area is 88.0 Å². The van der Waals surface area contributed by atoms with Crippen LogP contribution < -0.4 is 0 Å². The zero-order chi connectivity index (χ0) is 10.5. The lowest BCUT2D eigenvalue weighted by molar-refractivity contribution is 0.341. The molecule has 0 amide bonds. The summed E-state index contributed by atoms with van der Waals surface area (Å²) in [6.07, 6.45) is 5.10. The molecule has 0 aliphatic rings. The van der Waals surface area contributed by atoms with Gasteiger partial charge in [-0.05, 0) is 17.7 Å². The first-order chi connectivity index (χ1) is 7.40. The van der Waals surface area contributed by atoms with E-state index in [1.807, 2.05) is 36.4 Å². The maximum atomic E-state index is 4.86. The van der Waals surface area contributed by atoms with Crippen LogP contribution >= 0.6 is 0 Å². The normalized spacial score (nSPS) is 10.7. The van der Waals surface area contributed by atoms with E-state index in [1.165, 1.54) is 0 Å². The summed E-state index contributed by atoms with van der Waals surface area (Å²) in [5.41, 5.74) is 2.93. The Morgan fingerprint density at radius 3 is 3.00 bits per heavy atom. The molecule has 3 heteroatoms. The minimum Gasteiger partial charge on any atom is -0.504 e. The summed E-state index contributed by atoms with van der Waals surface area (Å²) in [6.45, 7) is 0. The molecule has 1 aromatic carbocycles. The second-order valence-electron chi connectivity index (χ2n) is 3.05. The predicted molar refractivity (Wildman–Crippen MR) is 58.0 cm³/mol. The maximum Gasteiger partial charge on any atom is 0.124 e. The summed E-state index contributed by atoms with van der Waals surface area (Å²) >= 11 is 0. The molecule has 2 aromatic rings. The number of benzene rings is 1. The molecule has 0 aliphatic heterocycles. The predicted octanol–water partition coefficient (Wildman–Crippen LogP) is 2.96. The maximum absolute atomic E-state index is 4.86. The molecule has 0 fully saturated rings. The average Bonchev–Trinajstić information content (AvgIpc) is 2.80. The van der Waals surface area contributed by atoms with Crippen molar-refractivity contribution in [1.82, 2.24) is 5.16 Å². The largest absolute Gasteiger partial charge is 0.504 e. The highest BCUT2D eigenvalue weighted by atomic mass is 16.5. The third-order valence-corrected chi connectivity index (χ3v) is 2.02. The van der Waals surface area contributed by atoms with Crippen LogP contribution in [0.15, 0.2) is 47.4 Å². The van der Waals surface area contributed by atoms with E-state index < -0.39 is 0 Å². The summed E-state index contributed by atoms with van der Waals surface area (Å²) in [5, 5.41) is 3.88. The van der Waals surface area contributed by atoms with Crippen LogP contribution in [0, 0.1) is 0 Å².